The zero-order valence-corrected chi connectivity index (χ0v) is 15.7. The lowest BCUT2D eigenvalue weighted by atomic mass is 10.2. The molecule has 4 aromatic rings. The average molecular weight is 379 g/mol. The van der Waals surface area contributed by atoms with E-state index in [0.717, 1.165) is 33.3 Å². The van der Waals surface area contributed by atoms with Crippen LogP contribution in [-0.2, 0) is 6.61 Å². The first-order chi connectivity index (χ1) is 13.2. The maximum Gasteiger partial charge on any atom is 0.264 e. The Bertz CT molecular complexity index is 1040. The zero-order chi connectivity index (χ0) is 18.6. The highest BCUT2D eigenvalue weighted by Crippen LogP contribution is 2.26. The fraction of sp³-hybridized carbons (Fsp3) is 0.150. The predicted molar refractivity (Wildman–Crippen MR) is 103 cm³/mol. The molecule has 0 spiro atoms. The van der Waals surface area contributed by atoms with Gasteiger partial charge in [0.25, 0.3) is 5.89 Å². The van der Waals surface area contributed by atoms with Crippen LogP contribution in [0.4, 0.5) is 0 Å². The lowest BCUT2D eigenvalue weighted by Gasteiger charge is -2.03. The van der Waals surface area contributed by atoms with E-state index >= 15 is 0 Å². The van der Waals surface area contributed by atoms with Gasteiger partial charge in [0, 0.05) is 22.2 Å². The first-order valence-corrected chi connectivity index (χ1v) is 9.21. The van der Waals surface area contributed by atoms with E-state index in [0.29, 0.717) is 11.7 Å². The molecule has 0 amide bonds. The Balaban J connectivity index is 1.41. The first-order valence-electron chi connectivity index (χ1n) is 8.33. The summed E-state index contributed by atoms with van der Waals surface area (Å²) in [6.07, 6.45) is 0. The SMILES string of the molecule is COc1cccc(-c2noc(COc3ccc(-c4nc(C)cs4)cc3)n2)c1. The Kier molecular flexibility index (Phi) is 4.84. The number of benzene rings is 2. The lowest BCUT2D eigenvalue weighted by molar-refractivity contribution is 0.243. The maximum atomic E-state index is 5.74. The Morgan fingerprint density at radius 3 is 2.59 bits per heavy atom. The molecule has 0 aliphatic heterocycles. The summed E-state index contributed by atoms with van der Waals surface area (Å²) in [6.45, 7) is 2.19. The molecule has 6 nitrogen and oxygen atoms in total. The molecule has 4 rings (SSSR count). The third-order valence-corrected chi connectivity index (χ3v) is 4.89. The second-order valence-corrected chi connectivity index (χ2v) is 6.71. The molecule has 2 aromatic heterocycles. The van der Waals surface area contributed by atoms with E-state index in [1.165, 1.54) is 0 Å². The minimum atomic E-state index is 0.201. The standard InChI is InChI=1S/C20H17N3O3S/c1-13-12-27-20(21-13)14-6-8-16(9-7-14)25-11-18-22-19(23-26-18)15-4-3-5-17(10-15)24-2/h3-10,12H,11H2,1-2H3. The third kappa shape index (κ3) is 3.98. The topological polar surface area (TPSA) is 70.3 Å². The smallest absolute Gasteiger partial charge is 0.264 e. The van der Waals surface area contributed by atoms with Crippen LogP contribution >= 0.6 is 11.3 Å². The number of rotatable bonds is 6. The molecular formula is C20H17N3O3S. The van der Waals surface area contributed by atoms with Gasteiger partial charge in [-0.2, -0.15) is 4.98 Å². The van der Waals surface area contributed by atoms with Gasteiger partial charge in [-0.15, -0.1) is 11.3 Å². The van der Waals surface area contributed by atoms with Crippen molar-refractivity contribution >= 4 is 11.3 Å². The Hall–Kier alpha value is -3.19. The molecule has 0 aliphatic rings. The number of hydrogen-bond donors (Lipinski definition) is 0. The zero-order valence-electron chi connectivity index (χ0n) is 14.9. The fourth-order valence-corrected chi connectivity index (χ4v) is 3.32. The van der Waals surface area contributed by atoms with Crippen molar-refractivity contribution in [3.05, 3.63) is 65.5 Å². The van der Waals surface area contributed by atoms with E-state index in [9.17, 15) is 0 Å². The minimum Gasteiger partial charge on any atom is -0.497 e. The largest absolute Gasteiger partial charge is 0.497 e. The predicted octanol–water partition coefficient (Wildman–Crippen LogP) is 4.76. The van der Waals surface area contributed by atoms with Crippen molar-refractivity contribution in [2.75, 3.05) is 7.11 Å². The summed E-state index contributed by atoms with van der Waals surface area (Å²) in [4.78, 5) is 8.86. The Morgan fingerprint density at radius 1 is 1.00 bits per heavy atom. The monoisotopic (exact) mass is 379 g/mol. The van der Waals surface area contributed by atoms with Gasteiger partial charge in [0.2, 0.25) is 5.82 Å². The van der Waals surface area contributed by atoms with Crippen LogP contribution in [0.3, 0.4) is 0 Å². The molecule has 0 atom stereocenters. The molecule has 27 heavy (non-hydrogen) atoms. The molecule has 0 N–H and O–H groups in total. The number of aryl methyl sites for hydroxylation is 1. The van der Waals surface area contributed by atoms with Gasteiger partial charge in [0.1, 0.15) is 16.5 Å². The summed E-state index contributed by atoms with van der Waals surface area (Å²) < 4.78 is 16.2. The highest BCUT2D eigenvalue weighted by molar-refractivity contribution is 7.13. The fourth-order valence-electron chi connectivity index (χ4n) is 2.52. The van der Waals surface area contributed by atoms with Crippen LogP contribution in [-0.4, -0.2) is 22.2 Å². The number of hydrogen-bond acceptors (Lipinski definition) is 7. The van der Waals surface area contributed by atoms with Crippen molar-refractivity contribution in [2.24, 2.45) is 0 Å². The summed E-state index contributed by atoms with van der Waals surface area (Å²) in [5.41, 5.74) is 2.92. The molecular weight excluding hydrogens is 362 g/mol. The van der Waals surface area contributed by atoms with Crippen molar-refractivity contribution in [3.63, 3.8) is 0 Å². The van der Waals surface area contributed by atoms with Gasteiger partial charge in [-0.3, -0.25) is 0 Å². The van der Waals surface area contributed by atoms with Gasteiger partial charge in [0.15, 0.2) is 6.61 Å². The van der Waals surface area contributed by atoms with Crippen LogP contribution in [0, 0.1) is 6.92 Å². The van der Waals surface area contributed by atoms with Crippen LogP contribution in [0.2, 0.25) is 0 Å². The van der Waals surface area contributed by atoms with Crippen molar-refractivity contribution < 1.29 is 14.0 Å². The van der Waals surface area contributed by atoms with Crippen LogP contribution in [0.15, 0.2) is 58.4 Å². The molecule has 0 bridgehead atoms. The third-order valence-electron chi connectivity index (χ3n) is 3.88. The second kappa shape index (κ2) is 7.59. The normalized spacial score (nSPS) is 10.7. The first kappa shape index (κ1) is 17.2. The van der Waals surface area contributed by atoms with E-state index in [1.807, 2.05) is 60.8 Å². The van der Waals surface area contributed by atoms with Gasteiger partial charge in [-0.1, -0.05) is 17.3 Å². The number of ether oxygens (including phenoxy) is 2. The van der Waals surface area contributed by atoms with Gasteiger partial charge in [-0.25, -0.2) is 4.98 Å². The average Bonchev–Trinajstić information content (AvgIpc) is 3.36. The van der Waals surface area contributed by atoms with Gasteiger partial charge < -0.3 is 14.0 Å². The summed E-state index contributed by atoms with van der Waals surface area (Å²) in [7, 11) is 1.62. The molecule has 0 unspecified atom stereocenters. The summed E-state index contributed by atoms with van der Waals surface area (Å²) in [5, 5.41) is 7.04. The highest BCUT2D eigenvalue weighted by atomic mass is 32.1. The summed E-state index contributed by atoms with van der Waals surface area (Å²) in [6, 6.07) is 15.3. The molecule has 0 aliphatic carbocycles. The van der Waals surface area contributed by atoms with Crippen molar-refractivity contribution in [2.45, 2.75) is 13.5 Å². The number of methoxy groups -OCH3 is 1. The molecule has 0 saturated heterocycles. The molecule has 2 heterocycles. The molecule has 0 fully saturated rings. The van der Waals surface area contributed by atoms with E-state index in [-0.39, 0.29) is 6.61 Å². The van der Waals surface area contributed by atoms with Crippen molar-refractivity contribution in [3.8, 4) is 33.5 Å². The van der Waals surface area contributed by atoms with Gasteiger partial charge >= 0.3 is 0 Å². The van der Waals surface area contributed by atoms with Crippen molar-refractivity contribution in [1.29, 1.82) is 0 Å². The molecule has 2 aromatic carbocycles. The number of thiazole rings is 1. The number of nitrogens with zero attached hydrogens (tertiary/aromatic N) is 3. The lowest BCUT2D eigenvalue weighted by Crippen LogP contribution is -1.95. The summed E-state index contributed by atoms with van der Waals surface area (Å²) in [5.74, 6) is 2.38. The van der Waals surface area contributed by atoms with Crippen LogP contribution in [0.1, 0.15) is 11.6 Å². The molecule has 0 radical (unpaired) electrons. The highest BCUT2D eigenvalue weighted by Gasteiger charge is 2.10. The van der Waals surface area contributed by atoms with Gasteiger partial charge in [-0.05, 0) is 43.3 Å². The second-order valence-electron chi connectivity index (χ2n) is 5.85. The maximum absolute atomic E-state index is 5.74. The number of aromatic nitrogens is 3. The van der Waals surface area contributed by atoms with E-state index in [1.54, 1.807) is 18.4 Å². The van der Waals surface area contributed by atoms with E-state index in [2.05, 4.69) is 15.1 Å². The molecule has 7 heteroatoms. The molecule has 136 valence electrons. The van der Waals surface area contributed by atoms with Gasteiger partial charge in [0.05, 0.1) is 7.11 Å². The van der Waals surface area contributed by atoms with Crippen LogP contribution in [0.5, 0.6) is 11.5 Å². The molecule has 0 saturated carbocycles. The van der Waals surface area contributed by atoms with E-state index < -0.39 is 0 Å². The van der Waals surface area contributed by atoms with Crippen molar-refractivity contribution in [1.82, 2.24) is 15.1 Å². The summed E-state index contributed by atoms with van der Waals surface area (Å²) >= 11 is 1.63. The van der Waals surface area contributed by atoms with Crippen LogP contribution in [0.25, 0.3) is 22.0 Å². The Labute approximate surface area is 160 Å². The van der Waals surface area contributed by atoms with E-state index in [4.69, 9.17) is 14.0 Å². The quantitative estimate of drug-likeness (QED) is 0.481. The minimum absolute atomic E-state index is 0.201. The Morgan fingerprint density at radius 2 is 1.85 bits per heavy atom. The van der Waals surface area contributed by atoms with Crippen LogP contribution < -0.4 is 9.47 Å².